The van der Waals surface area contributed by atoms with Crippen molar-refractivity contribution in [3.05, 3.63) is 0 Å². The molecule has 0 spiro atoms. The van der Waals surface area contributed by atoms with Crippen molar-refractivity contribution >= 4 is 11.8 Å². The largest absolute Gasteiger partial charge is 0.356 e. The normalized spacial score (nSPS) is 19.3. The van der Waals surface area contributed by atoms with Crippen molar-refractivity contribution in [1.29, 1.82) is 0 Å². The van der Waals surface area contributed by atoms with Gasteiger partial charge in [0.25, 0.3) is 0 Å². The van der Waals surface area contributed by atoms with Gasteiger partial charge in [0.1, 0.15) is 0 Å². The van der Waals surface area contributed by atoms with E-state index in [1.165, 1.54) is 0 Å². The molecule has 1 unspecified atom stereocenters. The molecule has 0 aromatic carbocycles. The predicted molar refractivity (Wildman–Crippen MR) is 75.6 cm³/mol. The second-order valence-electron chi connectivity index (χ2n) is 5.18. The number of hydrogen-bond donors (Lipinski definition) is 2. The van der Waals surface area contributed by atoms with E-state index in [0.29, 0.717) is 32.4 Å². The Morgan fingerprint density at radius 1 is 1.32 bits per heavy atom. The van der Waals surface area contributed by atoms with Gasteiger partial charge in [0.15, 0.2) is 0 Å². The molecular formula is C14H27N3O2. The zero-order valence-electron chi connectivity index (χ0n) is 12.0. The van der Waals surface area contributed by atoms with Crippen LogP contribution < -0.4 is 11.1 Å². The van der Waals surface area contributed by atoms with E-state index < -0.39 is 0 Å². The molecule has 3 N–H and O–H groups in total. The van der Waals surface area contributed by atoms with E-state index in [1.807, 2.05) is 11.8 Å². The van der Waals surface area contributed by atoms with Crippen molar-refractivity contribution < 1.29 is 9.59 Å². The minimum atomic E-state index is 0.0451. The van der Waals surface area contributed by atoms with Crippen LogP contribution >= 0.6 is 0 Å². The number of hydrogen-bond acceptors (Lipinski definition) is 3. The average Bonchev–Trinajstić information content (AvgIpc) is 2.44. The molecule has 0 radical (unpaired) electrons. The van der Waals surface area contributed by atoms with Gasteiger partial charge in [0.2, 0.25) is 11.8 Å². The Hall–Kier alpha value is -1.10. The highest BCUT2D eigenvalue weighted by atomic mass is 16.2. The molecule has 0 aromatic rings. The number of nitrogens with one attached hydrogen (secondary N) is 1. The van der Waals surface area contributed by atoms with Gasteiger partial charge in [-0.05, 0) is 32.1 Å². The minimum absolute atomic E-state index is 0.0451. The summed E-state index contributed by atoms with van der Waals surface area (Å²) in [6, 6.07) is 0.204. The van der Waals surface area contributed by atoms with Gasteiger partial charge in [0.05, 0.1) is 0 Å². The highest BCUT2D eigenvalue weighted by molar-refractivity contribution is 5.79. The summed E-state index contributed by atoms with van der Waals surface area (Å²) < 4.78 is 0. The molecule has 1 heterocycles. The summed E-state index contributed by atoms with van der Waals surface area (Å²) in [4.78, 5) is 25.4. The topological polar surface area (TPSA) is 75.4 Å². The van der Waals surface area contributed by atoms with Crippen molar-refractivity contribution in [2.75, 3.05) is 19.6 Å². The lowest BCUT2D eigenvalue weighted by molar-refractivity contribution is -0.134. The van der Waals surface area contributed by atoms with E-state index in [-0.39, 0.29) is 17.9 Å². The van der Waals surface area contributed by atoms with Gasteiger partial charge in [-0.3, -0.25) is 9.59 Å². The molecule has 1 fully saturated rings. The quantitative estimate of drug-likeness (QED) is 0.724. The molecule has 1 rings (SSSR count). The third-order valence-corrected chi connectivity index (χ3v) is 3.59. The Bertz CT molecular complexity index is 294. The molecule has 0 saturated carbocycles. The molecule has 0 bridgehead atoms. The van der Waals surface area contributed by atoms with Gasteiger partial charge >= 0.3 is 0 Å². The summed E-state index contributed by atoms with van der Waals surface area (Å²) in [5.41, 5.74) is 5.71. The van der Waals surface area contributed by atoms with E-state index in [9.17, 15) is 9.59 Å². The van der Waals surface area contributed by atoms with Crippen LogP contribution in [0, 0.1) is 0 Å². The lowest BCUT2D eigenvalue weighted by Crippen LogP contribution is -2.47. The monoisotopic (exact) mass is 269 g/mol. The number of carbonyl (C=O) groups is 2. The first-order valence-electron chi connectivity index (χ1n) is 7.45. The second-order valence-corrected chi connectivity index (χ2v) is 5.18. The zero-order chi connectivity index (χ0) is 14.1. The second kappa shape index (κ2) is 8.91. The highest BCUT2D eigenvalue weighted by Crippen LogP contribution is 2.17. The molecule has 2 amide bonds. The standard InChI is InChI=1S/C14H27N3O2/c1-2-9-16-13(18)7-5-8-14(19)17-10-4-3-6-12(17)11-15/h12H,2-11,15H2,1H3,(H,16,18). The molecular weight excluding hydrogens is 242 g/mol. The van der Waals surface area contributed by atoms with Crippen molar-refractivity contribution in [3.8, 4) is 0 Å². The summed E-state index contributed by atoms with van der Waals surface area (Å²) in [5.74, 6) is 0.196. The minimum Gasteiger partial charge on any atom is -0.356 e. The molecule has 0 aliphatic carbocycles. The molecule has 5 nitrogen and oxygen atoms in total. The summed E-state index contributed by atoms with van der Waals surface area (Å²) in [6.07, 6.45) is 5.70. The van der Waals surface area contributed by atoms with Crippen molar-refractivity contribution in [2.24, 2.45) is 5.73 Å². The maximum absolute atomic E-state index is 12.1. The summed E-state index contributed by atoms with van der Waals surface area (Å²) in [7, 11) is 0. The summed E-state index contributed by atoms with van der Waals surface area (Å²) in [6.45, 7) is 4.10. The molecule has 1 saturated heterocycles. The van der Waals surface area contributed by atoms with Crippen LogP contribution in [0.5, 0.6) is 0 Å². The molecule has 1 atom stereocenters. The number of likely N-dealkylation sites (tertiary alicyclic amines) is 1. The van der Waals surface area contributed by atoms with Crippen LogP contribution in [-0.4, -0.2) is 42.4 Å². The summed E-state index contributed by atoms with van der Waals surface area (Å²) in [5, 5.41) is 2.82. The smallest absolute Gasteiger partial charge is 0.222 e. The Morgan fingerprint density at radius 2 is 2.11 bits per heavy atom. The van der Waals surface area contributed by atoms with E-state index >= 15 is 0 Å². The summed E-state index contributed by atoms with van der Waals surface area (Å²) >= 11 is 0. The van der Waals surface area contributed by atoms with Crippen LogP contribution in [0.1, 0.15) is 51.9 Å². The maximum atomic E-state index is 12.1. The van der Waals surface area contributed by atoms with Crippen molar-refractivity contribution in [1.82, 2.24) is 10.2 Å². The number of nitrogens with zero attached hydrogens (tertiary/aromatic N) is 1. The average molecular weight is 269 g/mol. The third kappa shape index (κ3) is 5.59. The number of piperidine rings is 1. The van der Waals surface area contributed by atoms with Crippen LogP contribution in [0.3, 0.4) is 0 Å². The SMILES string of the molecule is CCCNC(=O)CCCC(=O)N1CCCCC1CN. The van der Waals surface area contributed by atoms with Crippen LogP contribution in [0.2, 0.25) is 0 Å². The Kier molecular flexibility index (Phi) is 7.48. The van der Waals surface area contributed by atoms with Gasteiger partial charge in [-0.15, -0.1) is 0 Å². The Balaban J connectivity index is 2.24. The molecule has 1 aliphatic rings. The predicted octanol–water partition coefficient (Wildman–Crippen LogP) is 1.02. The van der Waals surface area contributed by atoms with E-state index in [1.54, 1.807) is 0 Å². The van der Waals surface area contributed by atoms with Gasteiger partial charge < -0.3 is 16.0 Å². The lowest BCUT2D eigenvalue weighted by atomic mass is 10.0. The Morgan fingerprint density at radius 3 is 2.79 bits per heavy atom. The third-order valence-electron chi connectivity index (χ3n) is 3.59. The van der Waals surface area contributed by atoms with E-state index in [4.69, 9.17) is 5.73 Å². The molecule has 1 aliphatic heterocycles. The van der Waals surface area contributed by atoms with Gasteiger partial charge in [-0.25, -0.2) is 0 Å². The molecule has 0 aromatic heterocycles. The maximum Gasteiger partial charge on any atom is 0.222 e. The fourth-order valence-electron chi connectivity index (χ4n) is 2.47. The Labute approximate surface area is 115 Å². The van der Waals surface area contributed by atoms with Crippen LogP contribution in [0.15, 0.2) is 0 Å². The lowest BCUT2D eigenvalue weighted by Gasteiger charge is -2.35. The first kappa shape index (κ1) is 16.0. The first-order chi connectivity index (χ1) is 9.19. The first-order valence-corrected chi connectivity index (χ1v) is 7.45. The van der Waals surface area contributed by atoms with Crippen LogP contribution in [-0.2, 0) is 9.59 Å². The zero-order valence-corrected chi connectivity index (χ0v) is 12.0. The number of rotatable bonds is 7. The van der Waals surface area contributed by atoms with Gasteiger partial charge in [-0.2, -0.15) is 0 Å². The molecule has 5 heteroatoms. The number of carbonyl (C=O) groups excluding carboxylic acids is 2. The molecule has 110 valence electrons. The van der Waals surface area contributed by atoms with Gasteiger partial charge in [-0.1, -0.05) is 6.92 Å². The fourth-order valence-corrected chi connectivity index (χ4v) is 2.47. The van der Waals surface area contributed by atoms with Gasteiger partial charge in [0, 0.05) is 38.5 Å². The number of nitrogens with two attached hydrogens (primary N) is 1. The van der Waals surface area contributed by atoms with Crippen molar-refractivity contribution in [3.63, 3.8) is 0 Å². The van der Waals surface area contributed by atoms with E-state index in [2.05, 4.69) is 5.32 Å². The number of amides is 2. The van der Waals surface area contributed by atoms with Crippen LogP contribution in [0.25, 0.3) is 0 Å². The van der Waals surface area contributed by atoms with E-state index in [0.717, 1.165) is 32.2 Å². The molecule has 19 heavy (non-hydrogen) atoms. The fraction of sp³-hybridized carbons (Fsp3) is 0.857. The van der Waals surface area contributed by atoms with Crippen LogP contribution in [0.4, 0.5) is 0 Å². The van der Waals surface area contributed by atoms with Crippen molar-refractivity contribution in [2.45, 2.75) is 57.9 Å². The highest BCUT2D eigenvalue weighted by Gasteiger charge is 2.24.